The third-order valence-electron chi connectivity index (χ3n) is 8.75. The molecule has 39 heavy (non-hydrogen) atoms. The third kappa shape index (κ3) is 6.23. The molecule has 0 radical (unpaired) electrons. The first-order chi connectivity index (χ1) is 19.4. The van der Waals surface area contributed by atoms with Crippen LogP contribution in [0.2, 0.25) is 0 Å². The zero-order valence-electron chi connectivity index (χ0n) is 23.0. The summed E-state index contributed by atoms with van der Waals surface area (Å²) in [4.78, 5) is 0. The van der Waals surface area contributed by atoms with Crippen LogP contribution in [0.15, 0.2) is 121 Å². The number of hydrogen-bond acceptors (Lipinski definition) is 1. The lowest BCUT2D eigenvalue weighted by molar-refractivity contribution is 0.139. The van der Waals surface area contributed by atoms with Gasteiger partial charge in [-0.15, -0.1) is 0 Å². The van der Waals surface area contributed by atoms with Crippen molar-refractivity contribution in [3.63, 3.8) is 0 Å². The molecule has 2 atom stereocenters. The van der Waals surface area contributed by atoms with Crippen molar-refractivity contribution < 1.29 is 0 Å². The Morgan fingerprint density at radius 3 is 1.18 bits per heavy atom. The normalized spacial score (nSPS) is 20.5. The predicted molar refractivity (Wildman–Crippen MR) is 172 cm³/mol. The molecule has 0 heterocycles. The third-order valence-corrected chi connectivity index (χ3v) is 14.4. The van der Waals surface area contributed by atoms with Crippen molar-refractivity contribution in [2.45, 2.75) is 63.8 Å². The maximum atomic E-state index is 3.11. The fourth-order valence-corrected chi connectivity index (χ4v) is 13.5. The van der Waals surface area contributed by atoms with Gasteiger partial charge in [0.25, 0.3) is 0 Å². The maximum absolute atomic E-state index is 3.11. The van der Waals surface area contributed by atoms with E-state index in [0.29, 0.717) is 6.04 Å². The standard InChI is InChI=1S/C36H41NP2/c1-6-18-30(19-7-1)35-28-16-17-29-36(35)37(38(31-20-8-2-9-21-31)32-22-10-3-11-23-32)39(33-24-12-4-13-25-33)34-26-14-5-15-27-34/h2-5,8-15,20-27,30,35-36H,1,6-7,16-19,28-29H2/t35-,36+/m0/s1. The second kappa shape index (κ2) is 13.4. The Bertz CT molecular complexity index is 1100. The second-order valence-electron chi connectivity index (χ2n) is 11.2. The van der Waals surface area contributed by atoms with Crippen molar-refractivity contribution >= 4 is 37.4 Å². The highest BCUT2D eigenvalue weighted by molar-refractivity contribution is 7.84. The number of benzene rings is 4. The summed E-state index contributed by atoms with van der Waals surface area (Å²) in [7, 11) is -1.42. The average Bonchev–Trinajstić information content (AvgIpc) is 3.03. The Kier molecular flexibility index (Phi) is 9.22. The molecule has 2 aliphatic carbocycles. The average molecular weight is 550 g/mol. The van der Waals surface area contributed by atoms with Crippen LogP contribution < -0.4 is 21.2 Å². The Morgan fingerprint density at radius 2 is 0.769 bits per heavy atom. The minimum Gasteiger partial charge on any atom is -0.241 e. The molecule has 3 heteroatoms. The first kappa shape index (κ1) is 26.9. The van der Waals surface area contributed by atoms with Gasteiger partial charge in [0.2, 0.25) is 0 Å². The van der Waals surface area contributed by atoms with Gasteiger partial charge in [-0.2, -0.15) is 0 Å². The Labute approximate surface area is 238 Å². The van der Waals surface area contributed by atoms with E-state index in [4.69, 9.17) is 0 Å². The number of rotatable bonds is 8. The molecule has 6 rings (SSSR count). The van der Waals surface area contributed by atoms with Crippen molar-refractivity contribution in [1.29, 1.82) is 0 Å². The van der Waals surface area contributed by atoms with Crippen LogP contribution in [0.1, 0.15) is 57.8 Å². The van der Waals surface area contributed by atoms with Gasteiger partial charge in [0.15, 0.2) is 0 Å². The zero-order chi connectivity index (χ0) is 26.3. The van der Waals surface area contributed by atoms with Crippen LogP contribution in [0.3, 0.4) is 0 Å². The van der Waals surface area contributed by atoms with E-state index in [9.17, 15) is 0 Å². The molecule has 0 saturated heterocycles. The van der Waals surface area contributed by atoms with E-state index < -0.39 is 16.1 Å². The second-order valence-corrected chi connectivity index (χ2v) is 15.7. The lowest BCUT2D eigenvalue weighted by atomic mass is 9.71. The molecule has 0 aromatic heterocycles. The maximum Gasteiger partial charge on any atom is 0.0325 e. The van der Waals surface area contributed by atoms with Gasteiger partial charge in [-0.05, 0) is 45.9 Å². The summed E-state index contributed by atoms with van der Waals surface area (Å²) < 4.78 is 3.11. The van der Waals surface area contributed by atoms with Gasteiger partial charge in [0.05, 0.1) is 0 Å². The molecule has 2 saturated carbocycles. The summed E-state index contributed by atoms with van der Waals surface area (Å²) in [6.07, 6.45) is 12.6. The van der Waals surface area contributed by atoms with E-state index in [0.717, 1.165) is 11.8 Å². The highest BCUT2D eigenvalue weighted by Crippen LogP contribution is 2.59. The Morgan fingerprint density at radius 1 is 0.410 bits per heavy atom. The monoisotopic (exact) mass is 549 g/mol. The molecule has 1 nitrogen and oxygen atoms in total. The Hall–Kier alpha value is -2.30. The molecule has 0 aliphatic heterocycles. The minimum atomic E-state index is -0.709. The fourth-order valence-electron chi connectivity index (χ4n) is 6.97. The van der Waals surface area contributed by atoms with Crippen LogP contribution in [0.5, 0.6) is 0 Å². The molecular weight excluding hydrogens is 508 g/mol. The van der Waals surface area contributed by atoms with Crippen LogP contribution in [-0.2, 0) is 0 Å². The molecule has 2 aliphatic rings. The molecule has 0 bridgehead atoms. The summed E-state index contributed by atoms with van der Waals surface area (Å²) in [6, 6.07) is 46.5. The van der Waals surface area contributed by atoms with Gasteiger partial charge in [-0.3, -0.25) is 0 Å². The first-order valence-electron chi connectivity index (χ1n) is 15.0. The molecular formula is C36H41NP2. The lowest BCUT2D eigenvalue weighted by Crippen LogP contribution is -2.46. The van der Waals surface area contributed by atoms with Crippen LogP contribution in [0, 0.1) is 11.8 Å². The van der Waals surface area contributed by atoms with Crippen LogP contribution >= 0.6 is 16.1 Å². The van der Waals surface area contributed by atoms with Crippen molar-refractivity contribution in [2.75, 3.05) is 0 Å². The summed E-state index contributed by atoms with van der Waals surface area (Å²) in [6.45, 7) is 0. The molecule has 0 unspecified atom stereocenters. The minimum absolute atomic E-state index is 0.597. The van der Waals surface area contributed by atoms with Gasteiger partial charge in [-0.1, -0.05) is 166 Å². The van der Waals surface area contributed by atoms with E-state index >= 15 is 0 Å². The lowest BCUT2D eigenvalue weighted by Gasteiger charge is -2.50. The first-order valence-corrected chi connectivity index (χ1v) is 17.6. The fraction of sp³-hybridized carbons (Fsp3) is 0.333. The van der Waals surface area contributed by atoms with Crippen molar-refractivity contribution in [3.8, 4) is 0 Å². The van der Waals surface area contributed by atoms with Crippen molar-refractivity contribution in [3.05, 3.63) is 121 Å². The summed E-state index contributed by atoms with van der Waals surface area (Å²) in [5.41, 5.74) is 0. The number of hydrogen-bond donors (Lipinski definition) is 0. The highest BCUT2D eigenvalue weighted by Gasteiger charge is 2.43. The van der Waals surface area contributed by atoms with E-state index in [2.05, 4.69) is 126 Å². The van der Waals surface area contributed by atoms with E-state index in [1.54, 1.807) is 0 Å². The summed E-state index contributed by atoms with van der Waals surface area (Å²) in [5.74, 6) is 1.66. The molecule has 0 amide bonds. The summed E-state index contributed by atoms with van der Waals surface area (Å²) in [5, 5.41) is 5.91. The van der Waals surface area contributed by atoms with Crippen LogP contribution in [0.4, 0.5) is 0 Å². The highest BCUT2D eigenvalue weighted by atomic mass is 31.2. The zero-order valence-corrected chi connectivity index (χ0v) is 24.8. The van der Waals surface area contributed by atoms with Crippen LogP contribution in [-0.4, -0.2) is 10.5 Å². The smallest absolute Gasteiger partial charge is 0.0325 e. The van der Waals surface area contributed by atoms with E-state index in [1.165, 1.54) is 79.0 Å². The molecule has 4 aromatic carbocycles. The van der Waals surface area contributed by atoms with E-state index in [-0.39, 0.29) is 0 Å². The van der Waals surface area contributed by atoms with E-state index in [1.807, 2.05) is 0 Å². The molecule has 200 valence electrons. The number of nitrogens with zero attached hydrogens (tertiary/aromatic N) is 1. The predicted octanol–water partition coefficient (Wildman–Crippen LogP) is 8.52. The van der Waals surface area contributed by atoms with Crippen molar-refractivity contribution in [2.24, 2.45) is 11.8 Å². The van der Waals surface area contributed by atoms with Crippen molar-refractivity contribution in [1.82, 2.24) is 4.44 Å². The van der Waals surface area contributed by atoms with Gasteiger partial charge in [-0.25, -0.2) is 4.44 Å². The summed E-state index contributed by atoms with van der Waals surface area (Å²) >= 11 is 0. The van der Waals surface area contributed by atoms with Crippen LogP contribution in [0.25, 0.3) is 0 Å². The quantitative estimate of drug-likeness (QED) is 0.199. The van der Waals surface area contributed by atoms with Gasteiger partial charge >= 0.3 is 0 Å². The molecule has 0 spiro atoms. The SMILES string of the molecule is c1ccc(P(c2ccccc2)N([C@@H]2CCCC[C@H]2C2CCCCC2)P(c2ccccc2)c2ccccc2)cc1. The molecule has 0 N–H and O–H groups in total. The molecule has 2 fully saturated rings. The van der Waals surface area contributed by atoms with Gasteiger partial charge in [0, 0.05) is 22.2 Å². The topological polar surface area (TPSA) is 3.24 Å². The van der Waals surface area contributed by atoms with Gasteiger partial charge < -0.3 is 0 Å². The molecule has 4 aromatic rings. The largest absolute Gasteiger partial charge is 0.241 e. The van der Waals surface area contributed by atoms with Gasteiger partial charge in [0.1, 0.15) is 0 Å². The Balaban J connectivity index is 1.57.